The number of hydrogen-bond acceptors (Lipinski definition) is 2. The second-order valence-electron chi connectivity index (χ2n) is 4.00. The average molecular weight is 227 g/mol. The Hall–Kier alpha value is -0.730. The van der Waals surface area contributed by atoms with Crippen LogP contribution in [0.25, 0.3) is 0 Å². The van der Waals surface area contributed by atoms with Gasteiger partial charge in [-0.3, -0.25) is 0 Å². The molecule has 0 spiro atoms. The summed E-state index contributed by atoms with van der Waals surface area (Å²) >= 11 is 6.02. The molecule has 0 heterocycles. The summed E-state index contributed by atoms with van der Waals surface area (Å²) in [6.07, 6.45) is 0. The van der Waals surface area contributed by atoms with E-state index in [1.807, 2.05) is 19.1 Å². The lowest BCUT2D eigenvalue weighted by Gasteiger charge is -2.10. The van der Waals surface area contributed by atoms with Gasteiger partial charge in [-0.05, 0) is 24.6 Å². The fourth-order valence-electron chi connectivity index (χ4n) is 1.27. The third kappa shape index (κ3) is 4.54. The second-order valence-corrected chi connectivity index (χ2v) is 4.41. The van der Waals surface area contributed by atoms with E-state index in [1.54, 1.807) is 0 Å². The van der Waals surface area contributed by atoms with Crippen molar-refractivity contribution in [2.24, 2.45) is 0 Å². The van der Waals surface area contributed by atoms with E-state index in [2.05, 4.69) is 30.5 Å². The number of hydrogen-bond donors (Lipinski definition) is 2. The van der Waals surface area contributed by atoms with Gasteiger partial charge >= 0.3 is 0 Å². The van der Waals surface area contributed by atoms with Crippen molar-refractivity contribution in [3.05, 3.63) is 28.8 Å². The topological polar surface area (TPSA) is 24.1 Å². The van der Waals surface area contributed by atoms with Crippen molar-refractivity contribution in [1.29, 1.82) is 0 Å². The van der Waals surface area contributed by atoms with Gasteiger partial charge in [0.15, 0.2) is 0 Å². The quantitative estimate of drug-likeness (QED) is 0.755. The molecule has 0 saturated carbocycles. The Kier molecular flexibility index (Phi) is 4.92. The van der Waals surface area contributed by atoms with Crippen LogP contribution in [0, 0.1) is 6.92 Å². The molecule has 0 aliphatic carbocycles. The molecule has 1 aromatic carbocycles. The third-order valence-electron chi connectivity index (χ3n) is 2.18. The molecule has 0 fully saturated rings. The number of halogens is 1. The summed E-state index contributed by atoms with van der Waals surface area (Å²) in [6, 6.07) is 6.58. The summed E-state index contributed by atoms with van der Waals surface area (Å²) in [6.45, 7) is 8.17. The Balaban J connectivity index is 2.35. The molecular formula is C12H19ClN2. The van der Waals surface area contributed by atoms with E-state index in [0.29, 0.717) is 6.04 Å². The fraction of sp³-hybridized carbons (Fsp3) is 0.500. The van der Waals surface area contributed by atoms with Crippen LogP contribution in [0.5, 0.6) is 0 Å². The molecule has 0 bridgehead atoms. The van der Waals surface area contributed by atoms with Gasteiger partial charge in [0.05, 0.1) is 0 Å². The van der Waals surface area contributed by atoms with Gasteiger partial charge in [0.25, 0.3) is 0 Å². The van der Waals surface area contributed by atoms with Gasteiger partial charge in [0.1, 0.15) is 0 Å². The number of aryl methyl sites for hydroxylation is 1. The van der Waals surface area contributed by atoms with Gasteiger partial charge in [-0.15, -0.1) is 0 Å². The highest BCUT2D eigenvalue weighted by Gasteiger charge is 1.97. The summed E-state index contributed by atoms with van der Waals surface area (Å²) in [5, 5.41) is 7.48. The number of benzene rings is 1. The molecule has 1 rings (SSSR count). The van der Waals surface area contributed by atoms with Crippen LogP contribution >= 0.6 is 11.6 Å². The maximum absolute atomic E-state index is 6.02. The van der Waals surface area contributed by atoms with Crippen molar-refractivity contribution in [1.82, 2.24) is 5.32 Å². The van der Waals surface area contributed by atoms with E-state index in [0.717, 1.165) is 29.4 Å². The summed E-state index contributed by atoms with van der Waals surface area (Å²) in [5.41, 5.74) is 2.19. The third-order valence-corrected chi connectivity index (χ3v) is 2.59. The molecule has 0 aromatic heterocycles. The first-order valence-electron chi connectivity index (χ1n) is 5.33. The largest absolute Gasteiger partial charge is 0.384 e. The molecule has 0 aliphatic rings. The molecule has 0 saturated heterocycles. The lowest BCUT2D eigenvalue weighted by atomic mass is 10.2. The highest BCUT2D eigenvalue weighted by Crippen LogP contribution is 2.19. The summed E-state index contributed by atoms with van der Waals surface area (Å²) < 4.78 is 0. The van der Waals surface area contributed by atoms with Crippen LogP contribution in [0.4, 0.5) is 5.69 Å². The minimum Gasteiger partial charge on any atom is -0.384 e. The van der Waals surface area contributed by atoms with Crippen molar-refractivity contribution in [2.45, 2.75) is 26.8 Å². The lowest BCUT2D eigenvalue weighted by molar-refractivity contribution is 0.602. The Morgan fingerprint density at radius 2 is 2.00 bits per heavy atom. The molecule has 15 heavy (non-hydrogen) atoms. The predicted molar refractivity (Wildman–Crippen MR) is 67.8 cm³/mol. The van der Waals surface area contributed by atoms with Gasteiger partial charge in [-0.1, -0.05) is 31.5 Å². The lowest BCUT2D eigenvalue weighted by Crippen LogP contribution is -2.28. The van der Waals surface area contributed by atoms with Crippen LogP contribution in [0.1, 0.15) is 19.4 Å². The number of rotatable bonds is 5. The van der Waals surface area contributed by atoms with Crippen LogP contribution in [0.15, 0.2) is 18.2 Å². The molecule has 84 valence electrons. The average Bonchev–Trinajstić information content (AvgIpc) is 2.18. The maximum atomic E-state index is 6.02. The van der Waals surface area contributed by atoms with Crippen molar-refractivity contribution in [3.8, 4) is 0 Å². The first-order valence-corrected chi connectivity index (χ1v) is 5.71. The summed E-state index contributed by atoms with van der Waals surface area (Å²) in [4.78, 5) is 0. The zero-order valence-electron chi connectivity index (χ0n) is 9.60. The molecular weight excluding hydrogens is 208 g/mol. The zero-order chi connectivity index (χ0) is 11.3. The summed E-state index contributed by atoms with van der Waals surface area (Å²) in [5.74, 6) is 0. The molecule has 2 nitrogen and oxygen atoms in total. The molecule has 0 aliphatic heterocycles. The van der Waals surface area contributed by atoms with E-state index in [1.165, 1.54) is 0 Å². The van der Waals surface area contributed by atoms with Gasteiger partial charge in [-0.2, -0.15) is 0 Å². The summed E-state index contributed by atoms with van der Waals surface area (Å²) in [7, 11) is 0. The first kappa shape index (κ1) is 12.3. The second kappa shape index (κ2) is 5.99. The smallest absolute Gasteiger partial charge is 0.0455 e. The van der Waals surface area contributed by atoms with Gasteiger partial charge < -0.3 is 10.6 Å². The van der Waals surface area contributed by atoms with Crippen molar-refractivity contribution >= 4 is 17.3 Å². The molecule has 0 atom stereocenters. The SMILES string of the molecule is Cc1ccc(NCCNC(C)C)cc1Cl. The van der Waals surface area contributed by atoms with Gasteiger partial charge in [-0.25, -0.2) is 0 Å². The van der Waals surface area contributed by atoms with Crippen molar-refractivity contribution in [2.75, 3.05) is 18.4 Å². The van der Waals surface area contributed by atoms with E-state index in [4.69, 9.17) is 11.6 Å². The Morgan fingerprint density at radius 3 is 2.60 bits per heavy atom. The molecule has 0 radical (unpaired) electrons. The first-order chi connectivity index (χ1) is 7.09. The highest BCUT2D eigenvalue weighted by molar-refractivity contribution is 6.31. The fourth-order valence-corrected chi connectivity index (χ4v) is 1.45. The highest BCUT2D eigenvalue weighted by atomic mass is 35.5. The van der Waals surface area contributed by atoms with Crippen LogP contribution in [-0.4, -0.2) is 19.1 Å². The van der Waals surface area contributed by atoms with E-state index < -0.39 is 0 Å². The van der Waals surface area contributed by atoms with Gasteiger partial charge in [0.2, 0.25) is 0 Å². The van der Waals surface area contributed by atoms with E-state index in [-0.39, 0.29) is 0 Å². The van der Waals surface area contributed by atoms with Crippen LogP contribution in [0.3, 0.4) is 0 Å². The minimum atomic E-state index is 0.536. The molecule has 3 heteroatoms. The molecule has 2 N–H and O–H groups in total. The number of anilines is 1. The van der Waals surface area contributed by atoms with Crippen molar-refractivity contribution in [3.63, 3.8) is 0 Å². The Morgan fingerprint density at radius 1 is 1.27 bits per heavy atom. The Labute approximate surface area is 97.0 Å². The zero-order valence-corrected chi connectivity index (χ0v) is 10.4. The molecule has 0 unspecified atom stereocenters. The molecule has 1 aromatic rings. The maximum Gasteiger partial charge on any atom is 0.0455 e. The molecule has 0 amide bonds. The van der Waals surface area contributed by atoms with E-state index in [9.17, 15) is 0 Å². The minimum absolute atomic E-state index is 0.536. The predicted octanol–water partition coefficient (Wildman–Crippen LogP) is 3.06. The van der Waals surface area contributed by atoms with Crippen LogP contribution < -0.4 is 10.6 Å². The van der Waals surface area contributed by atoms with Gasteiger partial charge in [0, 0.05) is 29.8 Å². The van der Waals surface area contributed by atoms with Crippen LogP contribution in [0.2, 0.25) is 5.02 Å². The van der Waals surface area contributed by atoms with Crippen LogP contribution in [-0.2, 0) is 0 Å². The van der Waals surface area contributed by atoms with E-state index >= 15 is 0 Å². The number of nitrogens with one attached hydrogen (secondary N) is 2. The normalized spacial score (nSPS) is 10.7. The Bertz CT molecular complexity index is 310. The standard InChI is InChI=1S/C12H19ClN2/c1-9(2)14-6-7-15-11-5-4-10(3)12(13)8-11/h4-5,8-9,14-15H,6-7H2,1-3H3. The van der Waals surface area contributed by atoms with Crippen molar-refractivity contribution < 1.29 is 0 Å². The monoisotopic (exact) mass is 226 g/mol.